The van der Waals surface area contributed by atoms with Gasteiger partial charge in [0, 0.05) is 13.0 Å². The van der Waals surface area contributed by atoms with E-state index in [1.54, 1.807) is 30.9 Å². The number of hydrogen-bond acceptors (Lipinski definition) is 8. The van der Waals surface area contributed by atoms with E-state index in [4.69, 9.17) is 23.2 Å². The molecule has 2 aromatic rings. The number of non-ortho nitro benzene ring substituents is 1. The molecule has 2 aromatic carbocycles. The van der Waals surface area contributed by atoms with Crippen molar-refractivity contribution in [1.82, 2.24) is 0 Å². The Bertz CT molecular complexity index is 1090. The minimum Gasteiger partial charge on any atom is -0.338 e. The Morgan fingerprint density at radius 2 is 1.72 bits per heavy atom. The van der Waals surface area contributed by atoms with E-state index in [0.29, 0.717) is 11.4 Å². The number of nitrogens with zero attached hydrogens (tertiary/aromatic N) is 5. The maximum atomic E-state index is 11.7. The van der Waals surface area contributed by atoms with Crippen LogP contribution in [0.4, 0.5) is 34.1 Å². The second-order valence-electron chi connectivity index (χ2n) is 6.45. The number of benzene rings is 2. The van der Waals surface area contributed by atoms with E-state index in [2.05, 4.69) is 31.5 Å². The van der Waals surface area contributed by atoms with E-state index in [1.165, 1.54) is 13.0 Å². The maximum absolute atomic E-state index is 11.7. The Labute approximate surface area is 200 Å². The number of azo groups is 1. The topological polar surface area (TPSA) is 143 Å². The summed E-state index contributed by atoms with van der Waals surface area (Å²) in [6, 6.07) is 6.57. The summed E-state index contributed by atoms with van der Waals surface area (Å²) in [5.41, 5.74) is -1.12. The molecule has 0 saturated heterocycles. The first kappa shape index (κ1) is 25.4. The number of halogens is 3. The summed E-state index contributed by atoms with van der Waals surface area (Å²) in [5, 5.41) is 32.9. The van der Waals surface area contributed by atoms with Gasteiger partial charge in [0.25, 0.3) is 5.69 Å². The number of carbonyl (C=O) groups excluding carboxylic acids is 1. The molecule has 2 rings (SSSR count). The smallest absolute Gasteiger partial charge is 0.304 e. The second-order valence-corrected chi connectivity index (χ2v) is 8.57. The predicted octanol–water partition coefficient (Wildman–Crippen LogP) is 6.62. The van der Waals surface area contributed by atoms with Crippen LogP contribution in [0.25, 0.3) is 0 Å². The van der Waals surface area contributed by atoms with E-state index in [-0.39, 0.29) is 21.8 Å². The summed E-state index contributed by atoms with van der Waals surface area (Å²) in [7, 11) is 0. The van der Waals surface area contributed by atoms with Crippen molar-refractivity contribution in [3.63, 3.8) is 0 Å². The molecule has 32 heavy (non-hydrogen) atoms. The third kappa shape index (κ3) is 6.11. The van der Waals surface area contributed by atoms with Crippen molar-refractivity contribution < 1.29 is 14.6 Å². The number of amides is 1. The molecule has 0 fully saturated rings. The molecule has 0 heterocycles. The number of rotatable bonds is 8. The SMILES string of the molecule is CC(=O)Nc1cc(N=Nc2c(Br)cc([N+](=O)[O-])cc2[N+](=O)[O-])ccc1N(C(C)Cl)C(C)Cl. The molecule has 0 saturated carbocycles. The van der Waals surface area contributed by atoms with Crippen LogP contribution in [0.2, 0.25) is 0 Å². The van der Waals surface area contributed by atoms with Gasteiger partial charge in [0.2, 0.25) is 5.91 Å². The van der Waals surface area contributed by atoms with Gasteiger partial charge in [0.15, 0.2) is 5.69 Å². The highest BCUT2D eigenvalue weighted by Crippen LogP contribution is 2.40. The summed E-state index contributed by atoms with van der Waals surface area (Å²) < 4.78 is 0.0268. The van der Waals surface area contributed by atoms with Crippen molar-refractivity contribution in [2.45, 2.75) is 31.8 Å². The highest BCUT2D eigenvalue weighted by molar-refractivity contribution is 9.10. The predicted molar refractivity (Wildman–Crippen MR) is 125 cm³/mol. The molecule has 170 valence electrons. The number of nitro groups is 2. The summed E-state index contributed by atoms with van der Waals surface area (Å²) in [6.45, 7) is 4.77. The zero-order valence-corrected chi connectivity index (χ0v) is 20.1. The fraction of sp³-hybridized carbons (Fsp3) is 0.278. The van der Waals surface area contributed by atoms with Gasteiger partial charge in [-0.05, 0) is 48.0 Å². The van der Waals surface area contributed by atoms with Gasteiger partial charge in [-0.25, -0.2) is 0 Å². The van der Waals surface area contributed by atoms with Gasteiger partial charge >= 0.3 is 5.69 Å². The van der Waals surface area contributed by atoms with E-state index in [0.717, 1.165) is 12.1 Å². The zero-order valence-electron chi connectivity index (χ0n) is 17.0. The van der Waals surface area contributed by atoms with Crippen LogP contribution in [0, 0.1) is 20.2 Å². The van der Waals surface area contributed by atoms with Crippen LogP contribution in [0.1, 0.15) is 20.8 Å². The molecule has 14 heteroatoms. The fourth-order valence-corrected chi connectivity index (χ4v) is 3.91. The quantitative estimate of drug-likeness (QED) is 0.129. The average molecular weight is 548 g/mol. The van der Waals surface area contributed by atoms with Gasteiger partial charge in [0.1, 0.15) is 11.0 Å². The van der Waals surface area contributed by atoms with E-state index >= 15 is 0 Å². The minimum atomic E-state index is -0.792. The third-order valence-corrected chi connectivity index (χ3v) is 5.06. The second kappa shape index (κ2) is 10.7. The summed E-state index contributed by atoms with van der Waals surface area (Å²) >= 11 is 15.5. The lowest BCUT2D eigenvalue weighted by Crippen LogP contribution is -2.34. The van der Waals surface area contributed by atoms with Crippen molar-refractivity contribution in [2.75, 3.05) is 10.2 Å². The Kier molecular flexibility index (Phi) is 8.47. The van der Waals surface area contributed by atoms with E-state index < -0.39 is 32.2 Å². The van der Waals surface area contributed by atoms with Gasteiger partial charge in [-0.1, -0.05) is 23.2 Å². The van der Waals surface area contributed by atoms with Gasteiger partial charge < -0.3 is 10.2 Å². The number of nitrogens with one attached hydrogen (secondary N) is 1. The van der Waals surface area contributed by atoms with Crippen LogP contribution in [0.15, 0.2) is 45.0 Å². The van der Waals surface area contributed by atoms with E-state index in [1.807, 2.05) is 0 Å². The lowest BCUT2D eigenvalue weighted by atomic mass is 10.2. The average Bonchev–Trinajstić information content (AvgIpc) is 2.66. The van der Waals surface area contributed by atoms with Crippen LogP contribution >= 0.6 is 39.1 Å². The highest BCUT2D eigenvalue weighted by Gasteiger charge is 2.24. The molecule has 1 amide bonds. The van der Waals surface area contributed by atoms with E-state index in [9.17, 15) is 25.0 Å². The van der Waals surface area contributed by atoms with Crippen LogP contribution in [0.5, 0.6) is 0 Å². The number of alkyl halides is 2. The van der Waals surface area contributed by atoms with Crippen molar-refractivity contribution in [1.29, 1.82) is 0 Å². The van der Waals surface area contributed by atoms with Crippen LogP contribution in [0.3, 0.4) is 0 Å². The fourth-order valence-electron chi connectivity index (χ4n) is 2.79. The van der Waals surface area contributed by atoms with Gasteiger partial charge in [-0.2, -0.15) is 5.11 Å². The lowest BCUT2D eigenvalue weighted by molar-refractivity contribution is -0.393. The van der Waals surface area contributed by atoms with Crippen LogP contribution < -0.4 is 10.2 Å². The summed E-state index contributed by atoms with van der Waals surface area (Å²) in [4.78, 5) is 34.1. The molecule has 11 nitrogen and oxygen atoms in total. The van der Waals surface area contributed by atoms with Crippen molar-refractivity contribution in [2.24, 2.45) is 10.2 Å². The summed E-state index contributed by atoms with van der Waals surface area (Å²) in [6.07, 6.45) is 0. The standard InChI is InChI=1S/C18H17BrCl2N6O5/c1-9(20)25(10(2)21)16-5-4-12(6-15(16)22-11(3)28)23-24-18-14(19)7-13(26(29)30)8-17(18)27(31)32/h4-10H,1-3H3,(H,22,28). The Hall–Kier alpha value is -2.83. The minimum absolute atomic E-state index is 0.0268. The Morgan fingerprint density at radius 1 is 1.09 bits per heavy atom. The molecule has 2 unspecified atom stereocenters. The first-order chi connectivity index (χ1) is 14.9. The Morgan fingerprint density at radius 3 is 2.22 bits per heavy atom. The molecular formula is C18H17BrCl2N6O5. The molecule has 0 bridgehead atoms. The van der Waals surface area contributed by atoms with Crippen molar-refractivity contribution in [3.05, 3.63) is 55.0 Å². The Balaban J connectivity index is 2.55. The van der Waals surface area contributed by atoms with Gasteiger partial charge in [-0.15, -0.1) is 5.11 Å². The normalized spacial score (nSPS) is 12.9. The van der Waals surface area contributed by atoms with Crippen LogP contribution in [-0.4, -0.2) is 26.8 Å². The number of nitro benzene ring substituents is 2. The molecule has 0 aromatic heterocycles. The first-order valence-electron chi connectivity index (χ1n) is 8.94. The number of hydrogen-bond donors (Lipinski definition) is 1. The molecule has 2 atom stereocenters. The van der Waals surface area contributed by atoms with Gasteiger partial charge in [0.05, 0.1) is 37.4 Å². The molecule has 0 aliphatic rings. The number of anilines is 2. The van der Waals surface area contributed by atoms with Gasteiger partial charge in [-0.3, -0.25) is 25.0 Å². The largest absolute Gasteiger partial charge is 0.338 e. The zero-order chi connectivity index (χ0) is 24.2. The maximum Gasteiger partial charge on any atom is 0.304 e. The molecule has 0 aliphatic carbocycles. The van der Waals surface area contributed by atoms with Crippen molar-refractivity contribution >= 4 is 79.2 Å². The van der Waals surface area contributed by atoms with Crippen molar-refractivity contribution in [3.8, 4) is 0 Å². The summed E-state index contributed by atoms with van der Waals surface area (Å²) in [5.74, 6) is -0.349. The highest BCUT2D eigenvalue weighted by atomic mass is 79.9. The lowest BCUT2D eigenvalue weighted by Gasteiger charge is -2.31. The third-order valence-electron chi connectivity index (χ3n) is 4.04. The number of carbonyl (C=O) groups is 1. The molecule has 0 radical (unpaired) electrons. The monoisotopic (exact) mass is 546 g/mol. The molecule has 1 N–H and O–H groups in total. The first-order valence-corrected chi connectivity index (χ1v) is 10.6. The molecule has 0 spiro atoms. The van der Waals surface area contributed by atoms with Crippen LogP contribution in [-0.2, 0) is 4.79 Å². The molecular weight excluding hydrogens is 531 g/mol. The molecule has 0 aliphatic heterocycles.